The van der Waals surface area contributed by atoms with Gasteiger partial charge in [-0.3, -0.25) is 14.4 Å². The van der Waals surface area contributed by atoms with Crippen LogP contribution >= 0.6 is 11.6 Å². The van der Waals surface area contributed by atoms with Crippen LogP contribution in [0.2, 0.25) is 5.02 Å². The standard InChI is InChI=1S/C21H21ClF3N3O3/c1-13(26-20(31)14-6-4-3-5-7-14)10-19(30)28(2)12-18(29)27-15-8-9-17(22)16(11-15)21(23,24)25/h3-9,11,13H,10,12H2,1-2H3,(H,26,31)(H,27,29)/t13-/m1/s1. The number of benzene rings is 2. The lowest BCUT2D eigenvalue weighted by Gasteiger charge is -2.20. The van der Waals surface area contributed by atoms with Crippen molar-refractivity contribution in [3.8, 4) is 0 Å². The summed E-state index contributed by atoms with van der Waals surface area (Å²) in [6, 6.07) is 11.0. The van der Waals surface area contributed by atoms with Gasteiger partial charge in [0.1, 0.15) is 0 Å². The molecule has 0 aliphatic heterocycles. The molecule has 0 aromatic heterocycles. The number of amides is 3. The van der Waals surface area contributed by atoms with Gasteiger partial charge < -0.3 is 15.5 Å². The number of halogens is 4. The van der Waals surface area contributed by atoms with E-state index in [1.165, 1.54) is 13.1 Å². The van der Waals surface area contributed by atoms with Crippen LogP contribution in [0.15, 0.2) is 48.5 Å². The van der Waals surface area contributed by atoms with E-state index < -0.39 is 34.6 Å². The Morgan fingerprint density at radius 1 is 1.10 bits per heavy atom. The Morgan fingerprint density at radius 2 is 1.74 bits per heavy atom. The van der Waals surface area contributed by atoms with Crippen molar-refractivity contribution in [3.05, 3.63) is 64.7 Å². The van der Waals surface area contributed by atoms with Crippen molar-refractivity contribution >= 4 is 35.0 Å². The van der Waals surface area contributed by atoms with Crippen LogP contribution in [0.4, 0.5) is 18.9 Å². The van der Waals surface area contributed by atoms with Gasteiger partial charge in [0.15, 0.2) is 0 Å². The minimum Gasteiger partial charge on any atom is -0.349 e. The molecular weight excluding hydrogens is 435 g/mol. The molecule has 0 radical (unpaired) electrons. The number of alkyl halides is 3. The molecule has 166 valence electrons. The van der Waals surface area contributed by atoms with Crippen LogP contribution in [0.3, 0.4) is 0 Å². The molecule has 2 N–H and O–H groups in total. The van der Waals surface area contributed by atoms with Crippen molar-refractivity contribution in [1.29, 1.82) is 0 Å². The molecule has 0 aliphatic rings. The third kappa shape index (κ3) is 7.29. The van der Waals surface area contributed by atoms with Crippen molar-refractivity contribution in [2.45, 2.75) is 25.6 Å². The van der Waals surface area contributed by atoms with E-state index in [0.29, 0.717) is 5.56 Å². The number of hydrogen-bond donors (Lipinski definition) is 2. The van der Waals surface area contributed by atoms with Gasteiger partial charge in [0.25, 0.3) is 5.91 Å². The van der Waals surface area contributed by atoms with Crippen molar-refractivity contribution in [2.24, 2.45) is 0 Å². The smallest absolute Gasteiger partial charge is 0.349 e. The molecule has 0 fully saturated rings. The number of anilines is 1. The molecule has 0 spiro atoms. The third-order valence-corrected chi connectivity index (χ3v) is 4.59. The highest BCUT2D eigenvalue weighted by atomic mass is 35.5. The highest BCUT2D eigenvalue weighted by Gasteiger charge is 2.33. The maximum Gasteiger partial charge on any atom is 0.417 e. The first-order chi connectivity index (χ1) is 14.5. The summed E-state index contributed by atoms with van der Waals surface area (Å²) in [5, 5.41) is 4.53. The van der Waals surface area contributed by atoms with E-state index in [0.717, 1.165) is 17.0 Å². The summed E-state index contributed by atoms with van der Waals surface area (Å²) in [5.74, 6) is -1.42. The van der Waals surface area contributed by atoms with Crippen molar-refractivity contribution < 1.29 is 27.6 Å². The lowest BCUT2D eigenvalue weighted by Crippen LogP contribution is -2.40. The number of carbonyl (C=O) groups excluding carboxylic acids is 3. The second-order valence-corrected chi connectivity index (χ2v) is 7.34. The number of hydrogen-bond acceptors (Lipinski definition) is 3. The van der Waals surface area contributed by atoms with Crippen LogP contribution < -0.4 is 10.6 Å². The molecular formula is C21H21ClF3N3O3. The van der Waals surface area contributed by atoms with Crippen molar-refractivity contribution in [3.63, 3.8) is 0 Å². The lowest BCUT2D eigenvalue weighted by atomic mass is 10.1. The first-order valence-corrected chi connectivity index (χ1v) is 9.61. The number of carbonyl (C=O) groups is 3. The highest BCUT2D eigenvalue weighted by Crippen LogP contribution is 2.36. The molecule has 0 bridgehead atoms. The number of nitrogens with zero attached hydrogens (tertiary/aromatic N) is 1. The fourth-order valence-electron chi connectivity index (χ4n) is 2.69. The first-order valence-electron chi connectivity index (χ1n) is 9.24. The van der Waals surface area contributed by atoms with Gasteiger partial charge in [-0.2, -0.15) is 13.2 Å². The zero-order chi connectivity index (χ0) is 23.2. The van der Waals surface area contributed by atoms with Gasteiger partial charge in [0.05, 0.1) is 17.1 Å². The Hall–Kier alpha value is -3.07. The van der Waals surface area contributed by atoms with Gasteiger partial charge >= 0.3 is 6.18 Å². The van der Waals surface area contributed by atoms with E-state index in [2.05, 4.69) is 10.6 Å². The molecule has 2 aromatic rings. The maximum atomic E-state index is 12.9. The van der Waals surface area contributed by atoms with E-state index in [-0.39, 0.29) is 24.6 Å². The van der Waals surface area contributed by atoms with Gasteiger partial charge in [-0.1, -0.05) is 29.8 Å². The SMILES string of the molecule is C[C@H](CC(=O)N(C)CC(=O)Nc1ccc(Cl)c(C(F)(F)F)c1)NC(=O)c1ccccc1. The molecule has 10 heteroatoms. The van der Waals surface area contributed by atoms with Gasteiger partial charge in [-0.15, -0.1) is 0 Å². The van der Waals surface area contributed by atoms with E-state index in [1.54, 1.807) is 37.3 Å². The quantitative estimate of drug-likeness (QED) is 0.663. The molecule has 0 aliphatic carbocycles. The zero-order valence-corrected chi connectivity index (χ0v) is 17.6. The van der Waals surface area contributed by atoms with E-state index in [4.69, 9.17) is 11.6 Å². The second kappa shape index (κ2) is 10.3. The Balaban J connectivity index is 1.88. The Labute approximate surface area is 182 Å². The molecule has 0 saturated heterocycles. The minimum absolute atomic E-state index is 0.0540. The average Bonchev–Trinajstić information content (AvgIpc) is 2.69. The number of likely N-dealkylation sites (N-methyl/N-ethyl adjacent to an activating group) is 1. The molecule has 6 nitrogen and oxygen atoms in total. The summed E-state index contributed by atoms with van der Waals surface area (Å²) in [5.41, 5.74) is -0.707. The van der Waals surface area contributed by atoms with Crippen LogP contribution in [0, 0.1) is 0 Å². The molecule has 31 heavy (non-hydrogen) atoms. The summed E-state index contributed by atoms with van der Waals surface area (Å²) >= 11 is 5.55. The topological polar surface area (TPSA) is 78.5 Å². The predicted molar refractivity (Wildman–Crippen MR) is 111 cm³/mol. The molecule has 2 rings (SSSR count). The molecule has 0 heterocycles. The van der Waals surface area contributed by atoms with Crippen molar-refractivity contribution in [2.75, 3.05) is 18.9 Å². The Morgan fingerprint density at radius 3 is 2.35 bits per heavy atom. The van der Waals surface area contributed by atoms with E-state index in [9.17, 15) is 27.6 Å². The zero-order valence-electron chi connectivity index (χ0n) is 16.8. The molecule has 3 amide bonds. The normalized spacial score (nSPS) is 12.1. The van der Waals surface area contributed by atoms with E-state index >= 15 is 0 Å². The van der Waals surface area contributed by atoms with Crippen LogP contribution in [0.25, 0.3) is 0 Å². The van der Waals surface area contributed by atoms with Crippen LogP contribution in [0.5, 0.6) is 0 Å². The fourth-order valence-corrected chi connectivity index (χ4v) is 2.91. The largest absolute Gasteiger partial charge is 0.417 e. The third-order valence-electron chi connectivity index (χ3n) is 4.26. The summed E-state index contributed by atoms with van der Waals surface area (Å²) in [7, 11) is 1.39. The first kappa shape index (κ1) is 24.2. The molecule has 2 aromatic carbocycles. The molecule has 0 unspecified atom stereocenters. The average molecular weight is 456 g/mol. The van der Waals surface area contributed by atoms with E-state index in [1.807, 2.05) is 0 Å². The van der Waals surface area contributed by atoms with Crippen molar-refractivity contribution in [1.82, 2.24) is 10.2 Å². The van der Waals surface area contributed by atoms with Crippen LogP contribution in [0.1, 0.15) is 29.3 Å². The number of nitrogens with one attached hydrogen (secondary N) is 2. The summed E-state index contributed by atoms with van der Waals surface area (Å²) in [4.78, 5) is 37.7. The summed E-state index contributed by atoms with van der Waals surface area (Å²) in [6.07, 6.45) is -4.72. The fraction of sp³-hybridized carbons (Fsp3) is 0.286. The van der Waals surface area contributed by atoms with Gasteiger partial charge in [-0.25, -0.2) is 0 Å². The Kier molecular flexibility index (Phi) is 8.04. The predicted octanol–water partition coefficient (Wildman–Crippen LogP) is 3.96. The maximum absolute atomic E-state index is 12.9. The highest BCUT2D eigenvalue weighted by molar-refractivity contribution is 6.31. The summed E-state index contributed by atoms with van der Waals surface area (Å²) < 4.78 is 38.8. The van der Waals surface area contributed by atoms with Gasteiger partial charge in [0.2, 0.25) is 11.8 Å². The summed E-state index contributed by atoms with van der Waals surface area (Å²) in [6.45, 7) is 1.28. The van der Waals surface area contributed by atoms with Gasteiger partial charge in [-0.05, 0) is 37.3 Å². The molecule has 0 saturated carbocycles. The van der Waals surface area contributed by atoms with Gasteiger partial charge in [0, 0.05) is 30.8 Å². The monoisotopic (exact) mass is 455 g/mol. The molecule has 1 atom stereocenters. The minimum atomic E-state index is -4.66. The second-order valence-electron chi connectivity index (χ2n) is 6.94. The van der Waals surface area contributed by atoms with Crippen LogP contribution in [-0.4, -0.2) is 42.3 Å². The van der Waals surface area contributed by atoms with Crippen LogP contribution in [-0.2, 0) is 15.8 Å². The number of rotatable bonds is 7. The lowest BCUT2D eigenvalue weighted by molar-refractivity contribution is -0.137. The Bertz CT molecular complexity index is 952.